The summed E-state index contributed by atoms with van der Waals surface area (Å²) in [5, 5.41) is 2.79. The summed E-state index contributed by atoms with van der Waals surface area (Å²) in [5.74, 6) is -1.10. The summed E-state index contributed by atoms with van der Waals surface area (Å²) >= 11 is 0. The van der Waals surface area contributed by atoms with Gasteiger partial charge in [-0.3, -0.25) is 9.69 Å². The van der Waals surface area contributed by atoms with E-state index in [0.29, 0.717) is 12.6 Å². The Bertz CT molecular complexity index is 424. The SMILES string of the molecule is CCN1CCCC1CNC(=O)c1cccnc1F. The van der Waals surface area contributed by atoms with Gasteiger partial charge in [0, 0.05) is 18.8 Å². The molecule has 1 unspecified atom stereocenters. The Morgan fingerprint density at radius 3 is 3.22 bits per heavy atom. The van der Waals surface area contributed by atoms with Crippen LogP contribution in [0.4, 0.5) is 4.39 Å². The second-order valence-electron chi connectivity index (χ2n) is 4.48. The van der Waals surface area contributed by atoms with Crippen molar-refractivity contribution in [3.63, 3.8) is 0 Å². The van der Waals surface area contributed by atoms with Crippen molar-refractivity contribution < 1.29 is 9.18 Å². The smallest absolute Gasteiger partial charge is 0.255 e. The van der Waals surface area contributed by atoms with Crippen molar-refractivity contribution in [1.82, 2.24) is 15.2 Å². The monoisotopic (exact) mass is 251 g/mol. The van der Waals surface area contributed by atoms with Crippen molar-refractivity contribution in [3.05, 3.63) is 29.8 Å². The van der Waals surface area contributed by atoms with Crippen LogP contribution in [-0.2, 0) is 0 Å². The molecule has 1 amide bonds. The molecule has 0 bridgehead atoms. The number of pyridine rings is 1. The lowest BCUT2D eigenvalue weighted by atomic mass is 10.2. The van der Waals surface area contributed by atoms with Gasteiger partial charge in [-0.2, -0.15) is 4.39 Å². The van der Waals surface area contributed by atoms with Gasteiger partial charge in [0.2, 0.25) is 5.95 Å². The minimum absolute atomic E-state index is 0.0125. The molecule has 0 aromatic carbocycles. The highest BCUT2D eigenvalue weighted by atomic mass is 19.1. The van der Waals surface area contributed by atoms with Gasteiger partial charge in [0.1, 0.15) is 0 Å². The van der Waals surface area contributed by atoms with Gasteiger partial charge in [-0.15, -0.1) is 0 Å². The number of nitrogens with zero attached hydrogens (tertiary/aromatic N) is 2. The van der Waals surface area contributed by atoms with Crippen LogP contribution in [-0.4, -0.2) is 41.5 Å². The van der Waals surface area contributed by atoms with Crippen LogP contribution in [0, 0.1) is 5.95 Å². The van der Waals surface area contributed by atoms with Gasteiger partial charge in [-0.25, -0.2) is 4.98 Å². The normalized spacial score (nSPS) is 20.0. The van der Waals surface area contributed by atoms with Crippen LogP contribution in [0.2, 0.25) is 0 Å². The number of halogens is 1. The van der Waals surface area contributed by atoms with E-state index >= 15 is 0 Å². The molecule has 98 valence electrons. The average Bonchev–Trinajstić information content (AvgIpc) is 2.84. The molecule has 1 aromatic rings. The molecule has 1 aliphatic heterocycles. The van der Waals surface area contributed by atoms with E-state index in [9.17, 15) is 9.18 Å². The van der Waals surface area contributed by atoms with Crippen molar-refractivity contribution in [1.29, 1.82) is 0 Å². The molecule has 18 heavy (non-hydrogen) atoms. The van der Waals surface area contributed by atoms with Crippen LogP contribution in [0.3, 0.4) is 0 Å². The van der Waals surface area contributed by atoms with Gasteiger partial charge in [0.25, 0.3) is 5.91 Å². The van der Waals surface area contributed by atoms with E-state index in [0.717, 1.165) is 25.9 Å². The van der Waals surface area contributed by atoms with Crippen molar-refractivity contribution in [2.24, 2.45) is 0 Å². The first-order valence-electron chi connectivity index (χ1n) is 6.35. The highest BCUT2D eigenvalue weighted by Crippen LogP contribution is 2.15. The lowest BCUT2D eigenvalue weighted by Crippen LogP contribution is -2.40. The number of likely N-dealkylation sites (N-methyl/N-ethyl adjacent to an activating group) is 1. The van der Waals surface area contributed by atoms with Crippen LogP contribution >= 0.6 is 0 Å². The summed E-state index contributed by atoms with van der Waals surface area (Å²) in [6.07, 6.45) is 3.58. The van der Waals surface area contributed by atoms with Crippen LogP contribution in [0.1, 0.15) is 30.1 Å². The Morgan fingerprint density at radius 1 is 1.67 bits per heavy atom. The third-order valence-electron chi connectivity index (χ3n) is 3.41. The third-order valence-corrected chi connectivity index (χ3v) is 3.41. The molecule has 1 atom stereocenters. The molecule has 1 fully saturated rings. The Labute approximate surface area is 106 Å². The second-order valence-corrected chi connectivity index (χ2v) is 4.48. The summed E-state index contributed by atoms with van der Waals surface area (Å²) < 4.78 is 13.3. The minimum Gasteiger partial charge on any atom is -0.350 e. The standard InChI is InChI=1S/C13H18FN3O/c1-2-17-8-4-5-10(17)9-16-13(18)11-6-3-7-15-12(11)14/h3,6-7,10H,2,4-5,8-9H2,1H3,(H,16,18). The number of hydrogen-bond acceptors (Lipinski definition) is 3. The lowest BCUT2D eigenvalue weighted by Gasteiger charge is -2.22. The molecule has 1 saturated heterocycles. The van der Waals surface area contributed by atoms with Gasteiger partial charge in [0.15, 0.2) is 0 Å². The molecule has 0 spiro atoms. The first-order chi connectivity index (χ1) is 8.72. The van der Waals surface area contributed by atoms with Gasteiger partial charge >= 0.3 is 0 Å². The number of carbonyl (C=O) groups excluding carboxylic acids is 1. The maximum absolute atomic E-state index is 13.3. The molecule has 0 radical (unpaired) electrons. The molecule has 2 rings (SSSR count). The highest BCUT2D eigenvalue weighted by molar-refractivity contribution is 5.94. The van der Waals surface area contributed by atoms with Gasteiger partial charge in [0.05, 0.1) is 5.56 Å². The van der Waals surface area contributed by atoms with E-state index in [2.05, 4.69) is 22.1 Å². The fourth-order valence-corrected chi connectivity index (χ4v) is 2.40. The zero-order valence-electron chi connectivity index (χ0n) is 10.5. The molecule has 1 aliphatic rings. The number of aromatic nitrogens is 1. The Morgan fingerprint density at radius 2 is 2.50 bits per heavy atom. The summed E-state index contributed by atoms with van der Waals surface area (Å²) in [5.41, 5.74) is 0.0125. The van der Waals surface area contributed by atoms with E-state index in [1.54, 1.807) is 6.07 Å². The van der Waals surface area contributed by atoms with E-state index < -0.39 is 5.95 Å². The molecule has 5 heteroatoms. The summed E-state index contributed by atoms with van der Waals surface area (Å²) in [6.45, 7) is 4.75. The van der Waals surface area contributed by atoms with Gasteiger partial charge in [-0.1, -0.05) is 6.92 Å². The van der Waals surface area contributed by atoms with Crippen molar-refractivity contribution >= 4 is 5.91 Å². The van der Waals surface area contributed by atoms with Gasteiger partial charge in [-0.05, 0) is 38.1 Å². The summed E-state index contributed by atoms with van der Waals surface area (Å²) in [6, 6.07) is 3.38. The molecular weight excluding hydrogens is 233 g/mol. The van der Waals surface area contributed by atoms with Crippen molar-refractivity contribution in [3.8, 4) is 0 Å². The third kappa shape index (κ3) is 2.85. The van der Waals surface area contributed by atoms with E-state index in [4.69, 9.17) is 0 Å². The quantitative estimate of drug-likeness (QED) is 0.823. The fraction of sp³-hybridized carbons (Fsp3) is 0.538. The largest absolute Gasteiger partial charge is 0.350 e. The molecule has 0 saturated carbocycles. The predicted octanol–water partition coefficient (Wildman–Crippen LogP) is 1.43. The number of rotatable bonds is 4. The number of amides is 1. The average molecular weight is 251 g/mol. The summed E-state index contributed by atoms with van der Waals surface area (Å²) in [4.78, 5) is 17.6. The number of carbonyl (C=O) groups is 1. The maximum atomic E-state index is 13.3. The summed E-state index contributed by atoms with van der Waals surface area (Å²) in [7, 11) is 0. The van der Waals surface area contributed by atoms with Crippen LogP contribution in [0.15, 0.2) is 18.3 Å². The second kappa shape index (κ2) is 5.91. The zero-order chi connectivity index (χ0) is 13.0. The Kier molecular flexibility index (Phi) is 4.25. The number of hydrogen-bond donors (Lipinski definition) is 1. The van der Waals surface area contributed by atoms with Crippen molar-refractivity contribution in [2.75, 3.05) is 19.6 Å². The van der Waals surface area contributed by atoms with E-state index in [1.807, 2.05) is 0 Å². The first-order valence-corrected chi connectivity index (χ1v) is 6.35. The topological polar surface area (TPSA) is 45.2 Å². The lowest BCUT2D eigenvalue weighted by molar-refractivity contribution is 0.0936. The maximum Gasteiger partial charge on any atom is 0.255 e. The molecule has 4 nitrogen and oxygen atoms in total. The first kappa shape index (κ1) is 13.0. The molecule has 1 aromatic heterocycles. The number of likely N-dealkylation sites (tertiary alicyclic amines) is 1. The van der Waals surface area contributed by atoms with Gasteiger partial charge < -0.3 is 5.32 Å². The van der Waals surface area contributed by atoms with Crippen LogP contribution in [0.25, 0.3) is 0 Å². The fourth-order valence-electron chi connectivity index (χ4n) is 2.40. The Balaban J connectivity index is 1.91. The van der Waals surface area contributed by atoms with Crippen LogP contribution < -0.4 is 5.32 Å². The van der Waals surface area contributed by atoms with Crippen molar-refractivity contribution in [2.45, 2.75) is 25.8 Å². The van der Waals surface area contributed by atoms with Crippen LogP contribution in [0.5, 0.6) is 0 Å². The minimum atomic E-state index is -0.714. The van der Waals surface area contributed by atoms with E-state index in [1.165, 1.54) is 12.3 Å². The highest BCUT2D eigenvalue weighted by Gasteiger charge is 2.23. The molecule has 1 N–H and O–H groups in total. The molecule has 2 heterocycles. The predicted molar refractivity (Wildman–Crippen MR) is 66.8 cm³/mol. The van der Waals surface area contributed by atoms with E-state index in [-0.39, 0.29) is 11.5 Å². The zero-order valence-corrected chi connectivity index (χ0v) is 10.5. The molecular formula is C13H18FN3O. The number of nitrogens with one attached hydrogen (secondary N) is 1. The Hall–Kier alpha value is -1.49. The molecule has 0 aliphatic carbocycles.